The molecule has 2 atom stereocenters. The Morgan fingerprint density at radius 2 is 2.15 bits per heavy atom. The fourth-order valence-corrected chi connectivity index (χ4v) is 2.03. The van der Waals surface area contributed by atoms with E-state index in [4.69, 9.17) is 4.74 Å². The molecule has 1 heteroatoms. The monoisotopic (exact) mass is 182 g/mol. The number of unbranched alkanes of at least 4 members (excludes halogenated alkanes) is 3. The van der Waals surface area contributed by atoms with E-state index in [1.54, 1.807) is 0 Å². The zero-order chi connectivity index (χ0) is 9.68. The van der Waals surface area contributed by atoms with E-state index in [9.17, 15) is 0 Å². The lowest BCUT2D eigenvalue weighted by molar-refractivity contribution is 0.178. The zero-order valence-electron chi connectivity index (χ0n) is 9.01. The molecule has 0 bridgehead atoms. The fourth-order valence-electron chi connectivity index (χ4n) is 2.03. The highest BCUT2D eigenvalue weighted by Gasteiger charge is 2.25. The van der Waals surface area contributed by atoms with E-state index in [1.807, 2.05) is 0 Å². The summed E-state index contributed by atoms with van der Waals surface area (Å²) < 4.78 is 5.54. The Kier molecular flexibility index (Phi) is 4.34. The minimum Gasteiger partial charge on any atom is -0.495 e. The molecular weight excluding hydrogens is 160 g/mol. The van der Waals surface area contributed by atoms with E-state index in [0.717, 1.165) is 5.76 Å². The number of ether oxygens (including phenoxy) is 1. The molecule has 1 aliphatic rings. The second-order valence-corrected chi connectivity index (χ2v) is 4.18. The lowest BCUT2D eigenvalue weighted by atomic mass is 9.96. The highest BCUT2D eigenvalue weighted by Crippen LogP contribution is 2.32. The van der Waals surface area contributed by atoms with E-state index < -0.39 is 0 Å². The van der Waals surface area contributed by atoms with Crippen molar-refractivity contribution in [2.24, 2.45) is 5.92 Å². The summed E-state index contributed by atoms with van der Waals surface area (Å²) in [6.45, 7) is 8.35. The lowest BCUT2D eigenvalue weighted by Crippen LogP contribution is -1.98. The van der Waals surface area contributed by atoms with Crippen LogP contribution in [0.3, 0.4) is 0 Å². The highest BCUT2D eigenvalue weighted by molar-refractivity contribution is 4.98. The van der Waals surface area contributed by atoms with Crippen molar-refractivity contribution in [3.8, 4) is 0 Å². The van der Waals surface area contributed by atoms with Crippen molar-refractivity contribution >= 4 is 0 Å². The van der Waals surface area contributed by atoms with Gasteiger partial charge in [-0.15, -0.1) is 0 Å². The summed E-state index contributed by atoms with van der Waals surface area (Å²) in [4.78, 5) is 0. The molecule has 0 aromatic rings. The van der Waals surface area contributed by atoms with E-state index in [1.165, 1.54) is 38.5 Å². The van der Waals surface area contributed by atoms with Crippen LogP contribution in [-0.2, 0) is 4.74 Å². The van der Waals surface area contributed by atoms with Crippen LogP contribution in [0.1, 0.15) is 52.4 Å². The summed E-state index contributed by atoms with van der Waals surface area (Å²) >= 11 is 0. The van der Waals surface area contributed by atoms with Crippen LogP contribution in [0.15, 0.2) is 12.3 Å². The predicted molar refractivity (Wildman–Crippen MR) is 56.6 cm³/mol. The average Bonchev–Trinajstić information content (AvgIpc) is 2.39. The Morgan fingerprint density at radius 3 is 2.69 bits per heavy atom. The summed E-state index contributed by atoms with van der Waals surface area (Å²) in [5.41, 5.74) is 0. The normalized spacial score (nSPS) is 27.7. The van der Waals surface area contributed by atoms with Gasteiger partial charge in [0, 0.05) is 5.92 Å². The molecule has 1 saturated heterocycles. The van der Waals surface area contributed by atoms with Gasteiger partial charge < -0.3 is 4.74 Å². The number of hydrogen-bond donors (Lipinski definition) is 0. The molecule has 76 valence electrons. The van der Waals surface area contributed by atoms with Crippen LogP contribution in [0.2, 0.25) is 0 Å². The predicted octanol–water partition coefficient (Wildman–Crippen LogP) is 3.90. The molecule has 0 saturated carbocycles. The Morgan fingerprint density at radius 1 is 1.38 bits per heavy atom. The molecule has 1 rings (SSSR count). The summed E-state index contributed by atoms with van der Waals surface area (Å²) in [6.07, 6.45) is 8.27. The molecule has 1 fully saturated rings. The maximum absolute atomic E-state index is 5.54. The molecule has 0 aromatic carbocycles. The molecule has 1 nitrogen and oxygen atoms in total. The highest BCUT2D eigenvalue weighted by atomic mass is 16.5. The quantitative estimate of drug-likeness (QED) is 0.586. The van der Waals surface area contributed by atoms with Gasteiger partial charge in [-0.25, -0.2) is 0 Å². The van der Waals surface area contributed by atoms with E-state index in [-0.39, 0.29) is 0 Å². The third kappa shape index (κ3) is 3.41. The van der Waals surface area contributed by atoms with Crippen molar-refractivity contribution in [2.75, 3.05) is 0 Å². The van der Waals surface area contributed by atoms with Crippen LogP contribution < -0.4 is 0 Å². The van der Waals surface area contributed by atoms with Gasteiger partial charge in [0.25, 0.3) is 0 Å². The number of allylic oxidation sites excluding steroid dienone is 1. The SMILES string of the molecule is C=C1OC(C)CC1CCCCCC. The zero-order valence-corrected chi connectivity index (χ0v) is 9.01. The molecule has 0 radical (unpaired) electrons. The van der Waals surface area contributed by atoms with Crippen LogP contribution >= 0.6 is 0 Å². The Labute approximate surface area is 82.2 Å². The van der Waals surface area contributed by atoms with Crippen LogP contribution in [-0.4, -0.2) is 6.10 Å². The van der Waals surface area contributed by atoms with Gasteiger partial charge in [0.1, 0.15) is 0 Å². The third-order valence-corrected chi connectivity index (χ3v) is 2.83. The molecule has 0 N–H and O–H groups in total. The van der Waals surface area contributed by atoms with Crippen molar-refractivity contribution in [1.82, 2.24) is 0 Å². The second kappa shape index (κ2) is 5.31. The Balaban J connectivity index is 2.11. The van der Waals surface area contributed by atoms with Gasteiger partial charge in [0.15, 0.2) is 0 Å². The van der Waals surface area contributed by atoms with Crippen molar-refractivity contribution < 1.29 is 4.74 Å². The first-order chi connectivity index (χ1) is 6.24. The summed E-state index contributed by atoms with van der Waals surface area (Å²) in [5.74, 6) is 1.68. The standard InChI is InChI=1S/C12H22O/c1-4-5-6-7-8-12-9-10(2)13-11(12)3/h10,12H,3-9H2,1-2H3. The van der Waals surface area contributed by atoms with Gasteiger partial charge in [-0.05, 0) is 19.8 Å². The van der Waals surface area contributed by atoms with Gasteiger partial charge in [0.2, 0.25) is 0 Å². The molecule has 2 unspecified atom stereocenters. The van der Waals surface area contributed by atoms with Crippen LogP contribution in [0.4, 0.5) is 0 Å². The van der Waals surface area contributed by atoms with Gasteiger partial charge in [0.05, 0.1) is 11.9 Å². The van der Waals surface area contributed by atoms with E-state index >= 15 is 0 Å². The molecule has 0 aromatic heterocycles. The number of rotatable bonds is 5. The first kappa shape index (κ1) is 10.6. The first-order valence-corrected chi connectivity index (χ1v) is 5.59. The molecule has 0 aliphatic carbocycles. The first-order valence-electron chi connectivity index (χ1n) is 5.59. The van der Waals surface area contributed by atoms with Crippen LogP contribution in [0, 0.1) is 5.92 Å². The minimum absolute atomic E-state index is 0.406. The van der Waals surface area contributed by atoms with Crippen molar-refractivity contribution in [2.45, 2.75) is 58.5 Å². The molecule has 1 aliphatic heterocycles. The number of hydrogen-bond acceptors (Lipinski definition) is 1. The maximum atomic E-state index is 5.54. The van der Waals surface area contributed by atoms with Gasteiger partial charge in [-0.3, -0.25) is 0 Å². The third-order valence-electron chi connectivity index (χ3n) is 2.83. The van der Waals surface area contributed by atoms with Crippen LogP contribution in [0.5, 0.6) is 0 Å². The minimum atomic E-state index is 0.406. The fraction of sp³-hybridized carbons (Fsp3) is 0.833. The van der Waals surface area contributed by atoms with E-state index in [2.05, 4.69) is 20.4 Å². The smallest absolute Gasteiger partial charge is 0.0961 e. The Bertz CT molecular complexity index is 163. The largest absolute Gasteiger partial charge is 0.495 e. The molecule has 13 heavy (non-hydrogen) atoms. The topological polar surface area (TPSA) is 9.23 Å². The Hall–Kier alpha value is -0.460. The van der Waals surface area contributed by atoms with Gasteiger partial charge in [-0.2, -0.15) is 0 Å². The average molecular weight is 182 g/mol. The second-order valence-electron chi connectivity index (χ2n) is 4.18. The maximum Gasteiger partial charge on any atom is 0.0961 e. The molecule has 0 amide bonds. The molecular formula is C12H22O. The van der Waals surface area contributed by atoms with Crippen molar-refractivity contribution in [3.63, 3.8) is 0 Å². The van der Waals surface area contributed by atoms with Crippen LogP contribution in [0.25, 0.3) is 0 Å². The van der Waals surface area contributed by atoms with Gasteiger partial charge in [-0.1, -0.05) is 39.2 Å². The van der Waals surface area contributed by atoms with E-state index in [0.29, 0.717) is 12.0 Å². The molecule has 0 spiro atoms. The summed E-state index contributed by atoms with van der Waals surface area (Å²) in [7, 11) is 0. The molecule has 1 heterocycles. The summed E-state index contributed by atoms with van der Waals surface area (Å²) in [6, 6.07) is 0. The van der Waals surface area contributed by atoms with Gasteiger partial charge >= 0.3 is 0 Å². The van der Waals surface area contributed by atoms with Crippen molar-refractivity contribution in [3.05, 3.63) is 12.3 Å². The lowest BCUT2D eigenvalue weighted by Gasteiger charge is -2.07. The van der Waals surface area contributed by atoms with Crippen molar-refractivity contribution in [1.29, 1.82) is 0 Å². The summed E-state index contributed by atoms with van der Waals surface area (Å²) in [5, 5.41) is 0.